The Morgan fingerprint density at radius 3 is 2.50 bits per heavy atom. The van der Waals surface area contributed by atoms with E-state index < -0.39 is 0 Å². The van der Waals surface area contributed by atoms with Gasteiger partial charge in [-0.25, -0.2) is 0 Å². The average Bonchev–Trinajstić information content (AvgIpc) is 2.10. The zero-order valence-electron chi connectivity index (χ0n) is 6.16. The summed E-state index contributed by atoms with van der Waals surface area (Å²) in [6.45, 7) is 4.19. The summed E-state index contributed by atoms with van der Waals surface area (Å²) in [7, 11) is 0. The van der Waals surface area contributed by atoms with Gasteiger partial charge in [0, 0.05) is 12.1 Å². The zero-order chi connectivity index (χ0) is 7.72. The predicted molar refractivity (Wildman–Crippen MR) is 37.6 cm³/mol. The third kappa shape index (κ3) is 1.12. The molecule has 3 heteroatoms. The fourth-order valence-corrected chi connectivity index (χ4v) is 0.969. The van der Waals surface area contributed by atoms with Crippen molar-refractivity contribution in [2.45, 2.75) is 19.9 Å². The van der Waals surface area contributed by atoms with Crippen molar-refractivity contribution in [2.75, 3.05) is 6.54 Å². The molecule has 0 aliphatic carbocycles. The van der Waals surface area contributed by atoms with Gasteiger partial charge in [0.2, 0.25) is 0 Å². The topological polar surface area (TPSA) is 40.5 Å². The van der Waals surface area contributed by atoms with Gasteiger partial charge >= 0.3 is 0 Å². The lowest BCUT2D eigenvalue weighted by Crippen LogP contribution is -2.29. The Kier molecular flexibility index (Phi) is 1.66. The van der Waals surface area contributed by atoms with Gasteiger partial charge in [-0.05, 0) is 13.8 Å². The van der Waals surface area contributed by atoms with Crippen LogP contribution in [0.2, 0.25) is 0 Å². The molecular formula is C7H11NO2. The Bertz CT molecular complexity index is 184. The maximum Gasteiger partial charge on any atom is 0.191 e. The molecule has 1 rings (SSSR count). The molecule has 0 atom stereocenters. The summed E-state index contributed by atoms with van der Waals surface area (Å²) < 4.78 is 0. The summed E-state index contributed by atoms with van der Waals surface area (Å²) in [5.74, 6) is 0.0752. The minimum Gasteiger partial charge on any atom is -0.495 e. The normalized spacial score (nSPS) is 18.5. The fourth-order valence-electron chi connectivity index (χ4n) is 0.969. The lowest BCUT2D eigenvalue weighted by Gasteiger charge is -2.21. The third-order valence-electron chi connectivity index (χ3n) is 1.53. The van der Waals surface area contributed by atoms with E-state index in [0.29, 0.717) is 6.54 Å². The summed E-state index contributed by atoms with van der Waals surface area (Å²) >= 11 is 0. The Morgan fingerprint density at radius 2 is 2.30 bits per heavy atom. The van der Waals surface area contributed by atoms with Crippen LogP contribution in [0.1, 0.15) is 13.8 Å². The summed E-state index contributed by atoms with van der Waals surface area (Å²) in [5, 5.41) is 9.10. The van der Waals surface area contributed by atoms with Crippen molar-refractivity contribution >= 4 is 5.78 Å². The highest BCUT2D eigenvalue weighted by molar-refractivity contribution is 5.94. The maximum atomic E-state index is 10.7. The number of ketones is 1. The summed E-state index contributed by atoms with van der Waals surface area (Å²) in [6.07, 6.45) is 1.26. The van der Waals surface area contributed by atoms with Crippen molar-refractivity contribution < 1.29 is 9.90 Å². The number of hydrogen-bond donors (Lipinski definition) is 1. The van der Waals surface area contributed by atoms with E-state index >= 15 is 0 Å². The molecule has 10 heavy (non-hydrogen) atoms. The van der Waals surface area contributed by atoms with E-state index in [2.05, 4.69) is 0 Å². The monoisotopic (exact) mass is 141 g/mol. The number of hydrogen-bond acceptors (Lipinski definition) is 3. The fraction of sp³-hybridized carbons (Fsp3) is 0.571. The molecule has 0 spiro atoms. The second kappa shape index (κ2) is 2.33. The van der Waals surface area contributed by atoms with Gasteiger partial charge in [0.25, 0.3) is 0 Å². The molecule has 0 amide bonds. The average molecular weight is 141 g/mol. The van der Waals surface area contributed by atoms with E-state index in [1.165, 1.54) is 6.08 Å². The van der Waals surface area contributed by atoms with Crippen LogP contribution in [0.5, 0.6) is 0 Å². The Hall–Kier alpha value is -0.990. The van der Waals surface area contributed by atoms with Gasteiger partial charge in [-0.3, -0.25) is 4.79 Å². The van der Waals surface area contributed by atoms with Gasteiger partial charge in [-0.2, -0.15) is 0 Å². The molecular weight excluding hydrogens is 130 g/mol. The molecule has 1 aliphatic rings. The van der Waals surface area contributed by atoms with Crippen LogP contribution in [0.4, 0.5) is 0 Å². The lowest BCUT2D eigenvalue weighted by atomic mass is 10.3. The number of aliphatic hydroxyl groups excluding tert-OH is 1. The number of rotatable bonds is 1. The second-order valence-electron chi connectivity index (χ2n) is 2.69. The van der Waals surface area contributed by atoms with Crippen LogP contribution in [-0.2, 0) is 4.79 Å². The highest BCUT2D eigenvalue weighted by atomic mass is 16.3. The van der Waals surface area contributed by atoms with E-state index in [-0.39, 0.29) is 17.7 Å². The van der Waals surface area contributed by atoms with Crippen LogP contribution < -0.4 is 0 Å². The molecule has 0 fully saturated rings. The first kappa shape index (κ1) is 7.12. The first-order chi connectivity index (χ1) is 4.61. The molecule has 0 radical (unpaired) electrons. The summed E-state index contributed by atoms with van der Waals surface area (Å²) in [5.41, 5.74) is 0. The van der Waals surface area contributed by atoms with Gasteiger partial charge in [-0.15, -0.1) is 0 Å². The molecule has 1 aliphatic heterocycles. The Balaban J connectivity index is 2.68. The lowest BCUT2D eigenvalue weighted by molar-refractivity contribution is -0.114. The third-order valence-corrected chi connectivity index (χ3v) is 1.53. The predicted octanol–water partition coefficient (Wildman–Crippen LogP) is 0.679. The molecule has 0 bridgehead atoms. The summed E-state index contributed by atoms with van der Waals surface area (Å²) in [6, 6.07) is 0.197. The number of carbonyl (C=O) groups excluding carboxylic acids is 1. The van der Waals surface area contributed by atoms with Crippen LogP contribution in [0.15, 0.2) is 12.0 Å². The molecule has 1 N–H and O–H groups in total. The van der Waals surface area contributed by atoms with Crippen LogP contribution in [0, 0.1) is 0 Å². The minimum absolute atomic E-state index is 0.0220. The van der Waals surface area contributed by atoms with Gasteiger partial charge in [0.15, 0.2) is 11.7 Å². The molecule has 56 valence electrons. The van der Waals surface area contributed by atoms with Crippen LogP contribution in [0.25, 0.3) is 0 Å². The van der Waals surface area contributed by atoms with Crippen LogP contribution >= 0.6 is 0 Å². The number of carbonyl (C=O) groups is 1. The van der Waals surface area contributed by atoms with Crippen molar-refractivity contribution in [3.8, 4) is 0 Å². The Labute approximate surface area is 59.9 Å². The van der Waals surface area contributed by atoms with Crippen molar-refractivity contribution in [1.29, 1.82) is 0 Å². The SMILES string of the molecule is CC(C)N1CC(=O)C=C1O. The largest absolute Gasteiger partial charge is 0.495 e. The number of aliphatic hydroxyl groups is 1. The van der Waals surface area contributed by atoms with E-state index in [4.69, 9.17) is 5.11 Å². The van der Waals surface area contributed by atoms with Gasteiger partial charge in [-0.1, -0.05) is 0 Å². The maximum absolute atomic E-state index is 10.7. The van der Waals surface area contributed by atoms with E-state index in [9.17, 15) is 4.79 Å². The molecule has 0 aromatic heterocycles. The first-order valence-corrected chi connectivity index (χ1v) is 3.31. The molecule has 0 aromatic rings. The Morgan fingerprint density at radius 1 is 1.70 bits per heavy atom. The van der Waals surface area contributed by atoms with Crippen molar-refractivity contribution in [1.82, 2.24) is 4.90 Å². The van der Waals surface area contributed by atoms with Gasteiger partial charge in [0.05, 0.1) is 6.54 Å². The van der Waals surface area contributed by atoms with Crippen LogP contribution in [-0.4, -0.2) is 28.4 Å². The standard InChI is InChI=1S/C7H11NO2/c1-5(2)8-4-6(9)3-7(8)10/h3,5,10H,4H2,1-2H3. The smallest absolute Gasteiger partial charge is 0.191 e. The highest BCUT2D eigenvalue weighted by Crippen LogP contribution is 2.12. The van der Waals surface area contributed by atoms with E-state index in [0.717, 1.165) is 0 Å². The van der Waals surface area contributed by atoms with E-state index in [1.807, 2.05) is 13.8 Å². The van der Waals surface area contributed by atoms with Crippen molar-refractivity contribution in [3.63, 3.8) is 0 Å². The highest BCUT2D eigenvalue weighted by Gasteiger charge is 2.21. The van der Waals surface area contributed by atoms with Gasteiger partial charge in [0.1, 0.15) is 0 Å². The summed E-state index contributed by atoms with van der Waals surface area (Å²) in [4.78, 5) is 12.3. The van der Waals surface area contributed by atoms with E-state index in [1.54, 1.807) is 4.90 Å². The molecule has 0 saturated heterocycles. The molecule has 1 heterocycles. The van der Waals surface area contributed by atoms with Crippen LogP contribution in [0.3, 0.4) is 0 Å². The van der Waals surface area contributed by atoms with Crippen molar-refractivity contribution in [3.05, 3.63) is 12.0 Å². The molecule has 0 aromatic carbocycles. The minimum atomic E-state index is -0.0220. The molecule has 0 saturated carbocycles. The second-order valence-corrected chi connectivity index (χ2v) is 2.69. The first-order valence-electron chi connectivity index (χ1n) is 3.31. The quantitative estimate of drug-likeness (QED) is 0.583. The number of nitrogens with zero attached hydrogens (tertiary/aromatic N) is 1. The molecule has 0 unspecified atom stereocenters. The van der Waals surface area contributed by atoms with Gasteiger partial charge < -0.3 is 10.0 Å². The molecule has 3 nitrogen and oxygen atoms in total. The van der Waals surface area contributed by atoms with Crippen molar-refractivity contribution in [2.24, 2.45) is 0 Å². The zero-order valence-corrected chi connectivity index (χ0v) is 6.16.